The van der Waals surface area contributed by atoms with Crippen molar-refractivity contribution in [2.24, 2.45) is 5.92 Å². The fourth-order valence-electron chi connectivity index (χ4n) is 4.29. The minimum Gasteiger partial charge on any atom is -0.356 e. The fraction of sp³-hybridized carbons (Fsp3) is 0.269. The quantitative estimate of drug-likeness (QED) is 0.403. The molecule has 0 atom stereocenters. The molecule has 178 valence electrons. The summed E-state index contributed by atoms with van der Waals surface area (Å²) in [5.74, 6) is 1.49. The number of halogens is 1. The minimum absolute atomic E-state index is 0.00485. The highest BCUT2D eigenvalue weighted by molar-refractivity contribution is 6.31. The topological polar surface area (TPSA) is 95.9 Å². The van der Waals surface area contributed by atoms with Crippen LogP contribution in [0.3, 0.4) is 0 Å². The van der Waals surface area contributed by atoms with Crippen molar-refractivity contribution in [3.05, 3.63) is 83.4 Å². The van der Waals surface area contributed by atoms with Crippen molar-refractivity contribution in [3.63, 3.8) is 0 Å². The summed E-state index contributed by atoms with van der Waals surface area (Å²) < 4.78 is 0. The van der Waals surface area contributed by atoms with E-state index in [0.717, 1.165) is 53.8 Å². The van der Waals surface area contributed by atoms with Crippen LogP contribution in [0.4, 0.5) is 11.8 Å². The number of pyridine rings is 2. The van der Waals surface area contributed by atoms with Gasteiger partial charge in [0.1, 0.15) is 5.82 Å². The molecule has 1 saturated heterocycles. The van der Waals surface area contributed by atoms with E-state index in [1.165, 1.54) is 0 Å². The molecule has 5 rings (SSSR count). The van der Waals surface area contributed by atoms with Crippen LogP contribution in [0.2, 0.25) is 5.02 Å². The predicted octanol–water partition coefficient (Wildman–Crippen LogP) is 4.22. The Morgan fingerprint density at radius 3 is 2.66 bits per heavy atom. The van der Waals surface area contributed by atoms with Crippen molar-refractivity contribution < 1.29 is 4.79 Å². The zero-order chi connectivity index (χ0) is 24.0. The van der Waals surface area contributed by atoms with Crippen molar-refractivity contribution in [3.8, 4) is 0 Å². The van der Waals surface area contributed by atoms with E-state index in [4.69, 9.17) is 11.6 Å². The van der Waals surface area contributed by atoms with Gasteiger partial charge in [-0.3, -0.25) is 9.78 Å². The molecular weight excluding hydrogens is 462 g/mol. The number of benzene rings is 1. The van der Waals surface area contributed by atoms with Gasteiger partial charge in [-0.05, 0) is 42.2 Å². The van der Waals surface area contributed by atoms with E-state index in [1.807, 2.05) is 48.7 Å². The van der Waals surface area contributed by atoms with Gasteiger partial charge < -0.3 is 15.5 Å². The van der Waals surface area contributed by atoms with Gasteiger partial charge in [0.05, 0.1) is 10.9 Å². The zero-order valence-electron chi connectivity index (χ0n) is 19.2. The molecule has 3 aromatic heterocycles. The monoisotopic (exact) mass is 487 g/mol. The number of piperidine rings is 1. The maximum atomic E-state index is 12.6. The molecule has 0 bridgehead atoms. The Kier molecular flexibility index (Phi) is 6.99. The molecule has 35 heavy (non-hydrogen) atoms. The maximum Gasteiger partial charge on any atom is 0.223 e. The highest BCUT2D eigenvalue weighted by Crippen LogP contribution is 2.28. The number of amides is 1. The second-order valence-corrected chi connectivity index (χ2v) is 8.95. The van der Waals surface area contributed by atoms with Crippen LogP contribution in [-0.4, -0.2) is 38.9 Å². The van der Waals surface area contributed by atoms with Gasteiger partial charge in [-0.1, -0.05) is 35.9 Å². The molecule has 0 spiro atoms. The Morgan fingerprint density at radius 2 is 1.86 bits per heavy atom. The Bertz CT molecular complexity index is 1310. The van der Waals surface area contributed by atoms with Crippen LogP contribution in [-0.2, 0) is 17.9 Å². The predicted molar refractivity (Wildman–Crippen MR) is 137 cm³/mol. The van der Waals surface area contributed by atoms with E-state index in [0.29, 0.717) is 24.1 Å². The number of carbonyl (C=O) groups is 1. The molecule has 1 amide bonds. The van der Waals surface area contributed by atoms with Gasteiger partial charge >= 0.3 is 0 Å². The van der Waals surface area contributed by atoms with Gasteiger partial charge in [-0.25, -0.2) is 15.0 Å². The number of nitrogens with one attached hydrogen (secondary N) is 2. The first kappa shape index (κ1) is 23.0. The number of fused-ring (bicyclic) bond motifs is 1. The molecule has 4 heterocycles. The molecular formula is C26H26ClN7O. The molecule has 8 nitrogen and oxygen atoms in total. The number of aromatic nitrogens is 4. The normalized spacial score (nSPS) is 14.1. The number of carbonyl (C=O) groups excluding carboxylic acids is 1. The summed E-state index contributed by atoms with van der Waals surface area (Å²) in [6.45, 7) is 2.55. The second kappa shape index (κ2) is 10.7. The second-order valence-electron chi connectivity index (χ2n) is 8.55. The third kappa shape index (κ3) is 5.49. The van der Waals surface area contributed by atoms with Crippen molar-refractivity contribution in [2.75, 3.05) is 23.3 Å². The molecule has 1 fully saturated rings. The number of nitrogens with zero attached hydrogens (tertiary/aromatic N) is 5. The maximum absolute atomic E-state index is 12.6. The zero-order valence-corrected chi connectivity index (χ0v) is 19.9. The summed E-state index contributed by atoms with van der Waals surface area (Å²) in [4.78, 5) is 32.7. The van der Waals surface area contributed by atoms with Crippen LogP contribution in [0.1, 0.15) is 24.0 Å². The lowest BCUT2D eigenvalue weighted by molar-refractivity contribution is -0.125. The average Bonchev–Trinajstić information content (AvgIpc) is 2.91. The Labute approximate surface area is 208 Å². The molecule has 1 aromatic carbocycles. The number of rotatable bonds is 7. The van der Waals surface area contributed by atoms with Crippen molar-refractivity contribution in [1.82, 2.24) is 25.3 Å². The van der Waals surface area contributed by atoms with Crippen molar-refractivity contribution in [1.29, 1.82) is 0 Å². The summed E-state index contributed by atoms with van der Waals surface area (Å²) in [6, 6.07) is 13.4. The molecule has 0 unspecified atom stereocenters. The Hall–Kier alpha value is -3.78. The van der Waals surface area contributed by atoms with Gasteiger partial charge in [-0.15, -0.1) is 0 Å². The van der Waals surface area contributed by atoms with Gasteiger partial charge in [-0.2, -0.15) is 0 Å². The summed E-state index contributed by atoms with van der Waals surface area (Å²) in [5, 5.41) is 7.89. The Morgan fingerprint density at radius 1 is 1.00 bits per heavy atom. The number of hydrogen-bond acceptors (Lipinski definition) is 7. The van der Waals surface area contributed by atoms with E-state index in [1.54, 1.807) is 18.6 Å². The summed E-state index contributed by atoms with van der Waals surface area (Å²) in [7, 11) is 0. The number of hydrogen-bond donors (Lipinski definition) is 2. The van der Waals surface area contributed by atoms with Crippen molar-refractivity contribution in [2.45, 2.75) is 25.9 Å². The van der Waals surface area contributed by atoms with Crippen LogP contribution >= 0.6 is 11.6 Å². The molecule has 0 radical (unpaired) electrons. The first-order chi connectivity index (χ1) is 17.2. The molecule has 1 aliphatic heterocycles. The van der Waals surface area contributed by atoms with Crippen molar-refractivity contribution >= 4 is 40.2 Å². The summed E-state index contributed by atoms with van der Waals surface area (Å²) in [6.07, 6.45) is 8.63. The molecule has 2 N–H and O–H groups in total. The average molecular weight is 488 g/mol. The van der Waals surface area contributed by atoms with Crippen LogP contribution in [0.25, 0.3) is 10.9 Å². The summed E-state index contributed by atoms with van der Waals surface area (Å²) >= 11 is 6.25. The van der Waals surface area contributed by atoms with Crippen LogP contribution in [0.15, 0.2) is 67.3 Å². The highest BCUT2D eigenvalue weighted by atomic mass is 35.5. The standard InChI is InChI=1S/C26H26ClN7O/c27-22-6-2-1-5-20(22)16-31-26-32-17-21-23(33-26)7-11-29-24(21)34-12-8-19(9-13-34)25(35)30-15-18-4-3-10-28-14-18/h1-7,10-11,14,17,19H,8-9,12-13,15-16H2,(H,30,35)(H,31,32,33). The van der Waals surface area contributed by atoms with Crippen LogP contribution in [0, 0.1) is 5.92 Å². The third-order valence-corrected chi connectivity index (χ3v) is 6.61. The molecule has 9 heteroatoms. The first-order valence-electron chi connectivity index (χ1n) is 11.7. The van der Waals surface area contributed by atoms with Gasteiger partial charge in [0.25, 0.3) is 0 Å². The molecule has 0 aliphatic carbocycles. The number of anilines is 2. The summed E-state index contributed by atoms with van der Waals surface area (Å²) in [5.41, 5.74) is 2.81. The lowest BCUT2D eigenvalue weighted by Gasteiger charge is -2.32. The van der Waals surface area contributed by atoms with Gasteiger partial charge in [0, 0.05) is 61.9 Å². The van der Waals surface area contributed by atoms with Gasteiger partial charge in [0.15, 0.2) is 0 Å². The van der Waals surface area contributed by atoms with Crippen LogP contribution < -0.4 is 15.5 Å². The lowest BCUT2D eigenvalue weighted by atomic mass is 9.95. The largest absolute Gasteiger partial charge is 0.356 e. The highest BCUT2D eigenvalue weighted by Gasteiger charge is 2.26. The van der Waals surface area contributed by atoms with E-state index >= 15 is 0 Å². The van der Waals surface area contributed by atoms with Gasteiger partial charge in [0.2, 0.25) is 11.9 Å². The van der Waals surface area contributed by atoms with E-state index in [-0.39, 0.29) is 11.8 Å². The molecule has 4 aromatic rings. The first-order valence-corrected chi connectivity index (χ1v) is 12.1. The van der Waals surface area contributed by atoms with E-state index in [2.05, 4.69) is 35.5 Å². The third-order valence-electron chi connectivity index (χ3n) is 6.24. The Balaban J connectivity index is 1.21. The van der Waals surface area contributed by atoms with Crippen LogP contribution in [0.5, 0.6) is 0 Å². The fourth-order valence-corrected chi connectivity index (χ4v) is 4.49. The molecule has 1 aliphatic rings. The molecule has 0 saturated carbocycles. The lowest BCUT2D eigenvalue weighted by Crippen LogP contribution is -2.40. The SMILES string of the molecule is O=C(NCc1cccnc1)C1CCN(c2nccc3nc(NCc4ccccc4Cl)ncc23)CC1. The minimum atomic E-state index is -0.00485. The smallest absolute Gasteiger partial charge is 0.223 e. The van der Waals surface area contributed by atoms with E-state index in [9.17, 15) is 4.79 Å². The van der Waals surface area contributed by atoms with E-state index < -0.39 is 0 Å².